The smallest absolute Gasteiger partial charge is 0.311 e. The largest absolute Gasteiger partial charge is 0.487 e. The number of hydrogen-bond acceptors (Lipinski definition) is 5. The van der Waals surface area contributed by atoms with Crippen molar-refractivity contribution in [2.75, 3.05) is 11.9 Å². The summed E-state index contributed by atoms with van der Waals surface area (Å²) in [7, 11) is 0. The monoisotopic (exact) mass is 323 g/mol. The molecular formula is C18H17N3O3. The molecule has 0 saturated heterocycles. The molecule has 122 valence electrons. The zero-order chi connectivity index (χ0) is 16.9. The Balaban J connectivity index is 1.83. The van der Waals surface area contributed by atoms with Gasteiger partial charge in [0.15, 0.2) is 5.75 Å². The molecule has 3 rings (SSSR count). The van der Waals surface area contributed by atoms with Crippen molar-refractivity contribution in [3.05, 3.63) is 70.5 Å². The Morgan fingerprint density at radius 1 is 1.21 bits per heavy atom. The van der Waals surface area contributed by atoms with Crippen LogP contribution in [0.5, 0.6) is 5.75 Å². The zero-order valence-electron chi connectivity index (χ0n) is 13.2. The van der Waals surface area contributed by atoms with Gasteiger partial charge in [-0.2, -0.15) is 0 Å². The van der Waals surface area contributed by atoms with Crippen molar-refractivity contribution >= 4 is 22.1 Å². The van der Waals surface area contributed by atoms with Crippen LogP contribution in [0.2, 0.25) is 0 Å². The predicted octanol–water partition coefficient (Wildman–Crippen LogP) is 4.15. The first-order chi connectivity index (χ1) is 11.7. The van der Waals surface area contributed by atoms with Crippen LogP contribution in [-0.2, 0) is 6.54 Å². The van der Waals surface area contributed by atoms with Gasteiger partial charge < -0.3 is 10.1 Å². The van der Waals surface area contributed by atoms with E-state index in [2.05, 4.69) is 10.3 Å². The highest BCUT2D eigenvalue weighted by Gasteiger charge is 2.15. The molecule has 0 aliphatic rings. The third-order valence-corrected chi connectivity index (χ3v) is 3.67. The van der Waals surface area contributed by atoms with E-state index in [1.807, 2.05) is 30.3 Å². The Morgan fingerprint density at radius 3 is 2.83 bits per heavy atom. The van der Waals surface area contributed by atoms with Gasteiger partial charge in [0.1, 0.15) is 0 Å². The van der Waals surface area contributed by atoms with E-state index >= 15 is 0 Å². The minimum absolute atomic E-state index is 0.0364. The number of nitrogens with zero attached hydrogens (tertiary/aromatic N) is 2. The van der Waals surface area contributed by atoms with Crippen molar-refractivity contribution < 1.29 is 9.66 Å². The van der Waals surface area contributed by atoms with Crippen LogP contribution in [0.15, 0.2) is 54.7 Å². The van der Waals surface area contributed by atoms with Crippen LogP contribution < -0.4 is 10.1 Å². The Kier molecular flexibility index (Phi) is 4.56. The third-order valence-electron chi connectivity index (χ3n) is 3.67. The molecule has 0 bridgehead atoms. The Hall–Kier alpha value is -3.15. The first-order valence-electron chi connectivity index (χ1n) is 7.66. The minimum atomic E-state index is -0.443. The second-order valence-electron chi connectivity index (χ2n) is 5.20. The van der Waals surface area contributed by atoms with Crippen LogP contribution >= 0.6 is 0 Å². The number of fused-ring (bicyclic) bond motifs is 1. The van der Waals surface area contributed by atoms with Gasteiger partial charge in [-0.25, -0.2) is 0 Å². The molecular weight excluding hydrogens is 306 g/mol. The molecule has 1 heterocycles. The van der Waals surface area contributed by atoms with E-state index in [-0.39, 0.29) is 11.4 Å². The zero-order valence-corrected chi connectivity index (χ0v) is 13.2. The fraction of sp³-hybridized carbons (Fsp3) is 0.167. The first kappa shape index (κ1) is 15.7. The summed E-state index contributed by atoms with van der Waals surface area (Å²) in [5.41, 5.74) is 1.63. The molecule has 0 unspecified atom stereocenters. The van der Waals surface area contributed by atoms with Gasteiger partial charge in [-0.3, -0.25) is 15.1 Å². The van der Waals surface area contributed by atoms with Crippen molar-refractivity contribution in [1.82, 2.24) is 4.98 Å². The van der Waals surface area contributed by atoms with E-state index < -0.39 is 4.92 Å². The molecule has 6 heteroatoms. The van der Waals surface area contributed by atoms with E-state index in [0.29, 0.717) is 13.2 Å². The summed E-state index contributed by atoms with van der Waals surface area (Å²) >= 11 is 0. The number of pyridine rings is 1. The number of anilines is 1. The number of nitro groups is 1. The van der Waals surface area contributed by atoms with E-state index in [1.54, 1.807) is 25.3 Å². The first-order valence-corrected chi connectivity index (χ1v) is 7.66. The molecule has 0 aliphatic heterocycles. The highest BCUT2D eigenvalue weighted by atomic mass is 16.6. The molecule has 0 aliphatic carbocycles. The number of ether oxygens (including phenoxy) is 1. The highest BCUT2D eigenvalue weighted by molar-refractivity contribution is 5.84. The lowest BCUT2D eigenvalue weighted by Gasteiger charge is -2.10. The summed E-state index contributed by atoms with van der Waals surface area (Å²) < 4.78 is 5.36. The third kappa shape index (κ3) is 3.27. The maximum absolute atomic E-state index is 11.0. The van der Waals surface area contributed by atoms with Crippen LogP contribution in [0.3, 0.4) is 0 Å². The highest BCUT2D eigenvalue weighted by Crippen LogP contribution is 2.30. The Labute approximate surface area is 139 Å². The second-order valence-corrected chi connectivity index (χ2v) is 5.20. The summed E-state index contributed by atoms with van der Waals surface area (Å²) in [5, 5.41) is 16.5. The van der Waals surface area contributed by atoms with Crippen molar-refractivity contribution in [3.63, 3.8) is 0 Å². The van der Waals surface area contributed by atoms with Gasteiger partial charge in [-0.15, -0.1) is 0 Å². The SMILES string of the molecule is CCOc1cc(NCc2nccc3ccccc23)ccc1[N+](=O)[O-]. The average Bonchev–Trinajstić information content (AvgIpc) is 2.60. The lowest BCUT2D eigenvalue weighted by molar-refractivity contribution is -0.385. The van der Waals surface area contributed by atoms with Gasteiger partial charge in [0.25, 0.3) is 0 Å². The van der Waals surface area contributed by atoms with E-state index in [9.17, 15) is 10.1 Å². The molecule has 1 N–H and O–H groups in total. The number of rotatable bonds is 6. The quantitative estimate of drug-likeness (QED) is 0.544. The number of benzene rings is 2. The van der Waals surface area contributed by atoms with Crippen LogP contribution in [-0.4, -0.2) is 16.5 Å². The van der Waals surface area contributed by atoms with Gasteiger partial charge in [0.05, 0.1) is 23.8 Å². The van der Waals surface area contributed by atoms with Crippen LogP contribution in [0.4, 0.5) is 11.4 Å². The fourth-order valence-corrected chi connectivity index (χ4v) is 2.55. The second kappa shape index (κ2) is 6.95. The maximum atomic E-state index is 11.0. The molecule has 0 amide bonds. The number of aromatic nitrogens is 1. The summed E-state index contributed by atoms with van der Waals surface area (Å²) in [6.07, 6.45) is 1.78. The van der Waals surface area contributed by atoms with Crippen molar-refractivity contribution in [2.24, 2.45) is 0 Å². The molecule has 0 saturated carbocycles. The molecule has 1 aromatic heterocycles. The van der Waals surface area contributed by atoms with Gasteiger partial charge >= 0.3 is 5.69 Å². The summed E-state index contributed by atoms with van der Waals surface area (Å²) in [4.78, 5) is 15.0. The van der Waals surface area contributed by atoms with E-state index in [4.69, 9.17) is 4.74 Å². The maximum Gasteiger partial charge on any atom is 0.311 e. The molecule has 0 atom stereocenters. The van der Waals surface area contributed by atoms with Crippen molar-refractivity contribution in [1.29, 1.82) is 0 Å². The lowest BCUT2D eigenvalue weighted by atomic mass is 10.1. The summed E-state index contributed by atoms with van der Waals surface area (Å²) in [5.74, 6) is 0.262. The molecule has 0 fully saturated rings. The minimum Gasteiger partial charge on any atom is -0.487 e. The average molecular weight is 323 g/mol. The molecule has 2 aromatic carbocycles. The lowest BCUT2D eigenvalue weighted by Crippen LogP contribution is -2.04. The normalized spacial score (nSPS) is 10.5. The fourth-order valence-electron chi connectivity index (χ4n) is 2.55. The molecule has 0 spiro atoms. The molecule has 24 heavy (non-hydrogen) atoms. The Morgan fingerprint density at radius 2 is 2.04 bits per heavy atom. The topological polar surface area (TPSA) is 77.3 Å². The molecule has 0 radical (unpaired) electrons. The van der Waals surface area contributed by atoms with Crippen LogP contribution in [0, 0.1) is 10.1 Å². The van der Waals surface area contributed by atoms with E-state index in [1.165, 1.54) is 6.07 Å². The summed E-state index contributed by atoms with van der Waals surface area (Å²) in [6.45, 7) is 2.68. The van der Waals surface area contributed by atoms with Gasteiger partial charge in [0, 0.05) is 29.4 Å². The van der Waals surface area contributed by atoms with Crippen molar-refractivity contribution in [2.45, 2.75) is 13.5 Å². The van der Waals surface area contributed by atoms with Crippen LogP contribution in [0.1, 0.15) is 12.6 Å². The van der Waals surface area contributed by atoms with E-state index in [0.717, 1.165) is 22.2 Å². The van der Waals surface area contributed by atoms with Gasteiger partial charge in [0.2, 0.25) is 0 Å². The van der Waals surface area contributed by atoms with Crippen molar-refractivity contribution in [3.8, 4) is 5.75 Å². The molecule has 6 nitrogen and oxygen atoms in total. The number of hydrogen-bond donors (Lipinski definition) is 1. The molecule has 3 aromatic rings. The van der Waals surface area contributed by atoms with Crippen LogP contribution in [0.25, 0.3) is 10.8 Å². The van der Waals surface area contributed by atoms with Gasteiger partial charge in [-0.1, -0.05) is 24.3 Å². The summed E-state index contributed by atoms with van der Waals surface area (Å²) in [6, 6.07) is 14.8. The standard InChI is InChI=1S/C18H17N3O3/c1-2-24-18-11-14(7-8-17(18)21(22)23)20-12-16-15-6-4-3-5-13(15)9-10-19-16/h3-11,20H,2,12H2,1H3. The number of nitrogens with one attached hydrogen (secondary N) is 1. The Bertz CT molecular complexity index is 875. The van der Waals surface area contributed by atoms with Gasteiger partial charge in [-0.05, 0) is 24.4 Å². The predicted molar refractivity (Wildman–Crippen MR) is 93.3 cm³/mol. The number of nitro benzene ring substituents is 1.